The van der Waals surface area contributed by atoms with Crippen LogP contribution < -0.4 is 0 Å². The first-order chi connectivity index (χ1) is 11.1. The molecule has 23 heavy (non-hydrogen) atoms. The highest BCUT2D eigenvalue weighted by atomic mass is 16.5. The van der Waals surface area contributed by atoms with Gasteiger partial charge in [-0.25, -0.2) is 0 Å². The molecule has 0 aliphatic carbocycles. The van der Waals surface area contributed by atoms with Gasteiger partial charge < -0.3 is 20.1 Å². The topological polar surface area (TPSA) is 69.9 Å². The first-order valence-electron chi connectivity index (χ1n) is 7.51. The number of aromatic hydroxyl groups is 2. The molecule has 4 heteroatoms. The molecule has 4 nitrogen and oxygen atoms in total. The van der Waals surface area contributed by atoms with Crippen molar-refractivity contribution < 1.29 is 20.1 Å². The molecule has 0 heterocycles. The summed E-state index contributed by atoms with van der Waals surface area (Å²) in [6.07, 6.45) is 3.92. The van der Waals surface area contributed by atoms with Crippen molar-refractivity contribution in [2.45, 2.75) is 12.5 Å². The zero-order valence-electron chi connectivity index (χ0n) is 13.1. The van der Waals surface area contributed by atoms with Gasteiger partial charge in [0.2, 0.25) is 0 Å². The van der Waals surface area contributed by atoms with Crippen LogP contribution in [0.3, 0.4) is 0 Å². The molecule has 0 amide bonds. The van der Waals surface area contributed by atoms with Crippen LogP contribution in [0.4, 0.5) is 0 Å². The van der Waals surface area contributed by atoms with Gasteiger partial charge in [-0.15, -0.1) is 0 Å². The summed E-state index contributed by atoms with van der Waals surface area (Å²) in [5, 5.41) is 29.1. The molecule has 2 aromatic carbocycles. The molecule has 2 unspecified atom stereocenters. The van der Waals surface area contributed by atoms with Crippen molar-refractivity contribution in [2.24, 2.45) is 5.92 Å². The number of aliphatic hydroxyl groups excluding tert-OH is 1. The maximum absolute atomic E-state index is 10.5. The highest BCUT2D eigenvalue weighted by molar-refractivity contribution is 5.50. The van der Waals surface area contributed by atoms with E-state index < -0.39 is 6.10 Å². The molecular formula is C19H22O4. The third-order valence-electron chi connectivity index (χ3n) is 3.70. The standard InChI is InChI=1S/C19H22O4/c1-23-13-16(19(22)15-7-11-18(21)12-8-15)4-2-3-14-5-9-17(20)10-6-14/h2-3,5-12,16,19-22H,4,13H2,1H3/b3-2+. The summed E-state index contributed by atoms with van der Waals surface area (Å²) >= 11 is 0. The Morgan fingerprint density at radius 3 is 2.09 bits per heavy atom. The van der Waals surface area contributed by atoms with Gasteiger partial charge >= 0.3 is 0 Å². The van der Waals surface area contributed by atoms with Crippen LogP contribution >= 0.6 is 0 Å². The summed E-state index contributed by atoms with van der Waals surface area (Å²) in [5.41, 5.74) is 1.74. The molecule has 0 saturated heterocycles. The van der Waals surface area contributed by atoms with Crippen LogP contribution in [0.1, 0.15) is 23.7 Å². The van der Waals surface area contributed by atoms with Crippen molar-refractivity contribution in [1.29, 1.82) is 0 Å². The van der Waals surface area contributed by atoms with E-state index in [0.717, 1.165) is 11.1 Å². The van der Waals surface area contributed by atoms with Crippen LogP contribution in [0.25, 0.3) is 6.08 Å². The van der Waals surface area contributed by atoms with Crippen LogP contribution in [0.2, 0.25) is 0 Å². The van der Waals surface area contributed by atoms with Gasteiger partial charge in [-0.1, -0.05) is 36.4 Å². The largest absolute Gasteiger partial charge is 0.508 e. The summed E-state index contributed by atoms with van der Waals surface area (Å²) in [7, 11) is 1.61. The van der Waals surface area contributed by atoms with E-state index in [0.29, 0.717) is 13.0 Å². The Kier molecular flexibility index (Phi) is 6.20. The molecule has 0 aliphatic rings. The van der Waals surface area contributed by atoms with Gasteiger partial charge in [0.15, 0.2) is 0 Å². The fourth-order valence-corrected chi connectivity index (χ4v) is 2.41. The fourth-order valence-electron chi connectivity index (χ4n) is 2.41. The number of allylic oxidation sites excluding steroid dienone is 1. The summed E-state index contributed by atoms with van der Waals surface area (Å²) in [6.45, 7) is 0.433. The minimum absolute atomic E-state index is 0.0853. The zero-order valence-corrected chi connectivity index (χ0v) is 13.1. The summed E-state index contributed by atoms with van der Waals surface area (Å²) in [5.74, 6) is 0.330. The lowest BCUT2D eigenvalue weighted by atomic mass is 9.93. The summed E-state index contributed by atoms with van der Waals surface area (Å²) < 4.78 is 5.21. The van der Waals surface area contributed by atoms with Crippen molar-refractivity contribution >= 4 is 6.08 Å². The predicted molar refractivity (Wildman–Crippen MR) is 90.2 cm³/mol. The molecule has 0 aliphatic heterocycles. The van der Waals surface area contributed by atoms with Crippen LogP contribution in [0.15, 0.2) is 54.6 Å². The molecule has 2 rings (SSSR count). The van der Waals surface area contributed by atoms with Crippen LogP contribution in [0, 0.1) is 5.92 Å². The average molecular weight is 314 g/mol. The van der Waals surface area contributed by atoms with E-state index in [1.807, 2.05) is 24.3 Å². The lowest BCUT2D eigenvalue weighted by Crippen LogP contribution is -2.17. The SMILES string of the molecule is COCC(C/C=C/c1ccc(O)cc1)C(O)c1ccc(O)cc1. The lowest BCUT2D eigenvalue weighted by Gasteiger charge is -2.21. The van der Waals surface area contributed by atoms with Crippen molar-refractivity contribution in [3.63, 3.8) is 0 Å². The third-order valence-corrected chi connectivity index (χ3v) is 3.70. The minimum Gasteiger partial charge on any atom is -0.508 e. The maximum atomic E-state index is 10.5. The van der Waals surface area contributed by atoms with Crippen molar-refractivity contribution in [3.05, 3.63) is 65.7 Å². The van der Waals surface area contributed by atoms with Gasteiger partial charge in [0.25, 0.3) is 0 Å². The Labute approximate surface area is 136 Å². The van der Waals surface area contributed by atoms with Gasteiger partial charge in [-0.2, -0.15) is 0 Å². The second-order valence-corrected chi connectivity index (χ2v) is 5.48. The third kappa shape index (κ3) is 5.13. The molecule has 0 radical (unpaired) electrons. The fraction of sp³-hybridized carbons (Fsp3) is 0.263. The van der Waals surface area contributed by atoms with E-state index in [-0.39, 0.29) is 17.4 Å². The zero-order chi connectivity index (χ0) is 16.7. The molecule has 0 saturated carbocycles. The number of benzene rings is 2. The van der Waals surface area contributed by atoms with Gasteiger partial charge in [0.1, 0.15) is 11.5 Å². The van der Waals surface area contributed by atoms with Crippen LogP contribution in [-0.2, 0) is 4.74 Å². The number of rotatable bonds is 7. The minimum atomic E-state index is -0.667. The monoisotopic (exact) mass is 314 g/mol. The number of phenols is 2. The molecule has 2 atom stereocenters. The lowest BCUT2D eigenvalue weighted by molar-refractivity contribution is 0.0487. The first kappa shape index (κ1) is 17.1. The van der Waals surface area contributed by atoms with E-state index >= 15 is 0 Å². The molecule has 0 aromatic heterocycles. The molecule has 3 N–H and O–H groups in total. The molecule has 122 valence electrons. The Hall–Kier alpha value is -2.30. The quantitative estimate of drug-likeness (QED) is 0.731. The Balaban J connectivity index is 2.02. The number of aliphatic hydroxyl groups is 1. The molecular weight excluding hydrogens is 292 g/mol. The van der Waals surface area contributed by atoms with Gasteiger partial charge in [-0.05, 0) is 41.8 Å². The summed E-state index contributed by atoms with van der Waals surface area (Å²) in [6, 6.07) is 13.5. The summed E-state index contributed by atoms with van der Waals surface area (Å²) in [4.78, 5) is 0. The highest BCUT2D eigenvalue weighted by Gasteiger charge is 2.19. The van der Waals surface area contributed by atoms with E-state index in [1.54, 1.807) is 43.5 Å². The second-order valence-electron chi connectivity index (χ2n) is 5.48. The van der Waals surface area contributed by atoms with Crippen molar-refractivity contribution in [1.82, 2.24) is 0 Å². The molecule has 0 fully saturated rings. The van der Waals surface area contributed by atoms with Crippen molar-refractivity contribution in [3.8, 4) is 11.5 Å². The number of ether oxygens (including phenoxy) is 1. The van der Waals surface area contributed by atoms with Crippen LogP contribution in [0.5, 0.6) is 11.5 Å². The van der Waals surface area contributed by atoms with Gasteiger partial charge in [-0.3, -0.25) is 0 Å². The Morgan fingerprint density at radius 1 is 0.957 bits per heavy atom. The van der Waals surface area contributed by atoms with Crippen molar-refractivity contribution in [2.75, 3.05) is 13.7 Å². The highest BCUT2D eigenvalue weighted by Crippen LogP contribution is 2.27. The predicted octanol–water partition coefficient (Wildman–Crippen LogP) is 3.50. The number of phenolic OH excluding ortho intramolecular Hbond substituents is 2. The normalized spacial score (nSPS) is 14.0. The number of hydrogen-bond acceptors (Lipinski definition) is 4. The average Bonchev–Trinajstić information content (AvgIpc) is 2.56. The van der Waals surface area contributed by atoms with E-state index in [1.165, 1.54) is 0 Å². The Morgan fingerprint density at radius 2 is 1.52 bits per heavy atom. The Bertz CT molecular complexity index is 617. The maximum Gasteiger partial charge on any atom is 0.115 e. The first-order valence-corrected chi connectivity index (χ1v) is 7.51. The van der Waals surface area contributed by atoms with E-state index in [4.69, 9.17) is 4.74 Å². The number of methoxy groups -OCH3 is 1. The molecule has 2 aromatic rings. The molecule has 0 bridgehead atoms. The van der Waals surface area contributed by atoms with Gasteiger partial charge in [0, 0.05) is 13.0 Å². The second kappa shape index (κ2) is 8.36. The molecule has 0 spiro atoms. The van der Waals surface area contributed by atoms with Crippen LogP contribution in [-0.4, -0.2) is 29.0 Å². The smallest absolute Gasteiger partial charge is 0.115 e. The van der Waals surface area contributed by atoms with Gasteiger partial charge in [0.05, 0.1) is 12.7 Å². The number of hydrogen-bond donors (Lipinski definition) is 3. The van der Waals surface area contributed by atoms with E-state index in [2.05, 4.69) is 0 Å². The van der Waals surface area contributed by atoms with E-state index in [9.17, 15) is 15.3 Å².